The first-order chi connectivity index (χ1) is 9.06. The monoisotopic (exact) mass is 323 g/mol. The van der Waals surface area contributed by atoms with Gasteiger partial charge in [-0.25, -0.2) is 4.39 Å². The molecule has 0 spiro atoms. The Morgan fingerprint density at radius 1 is 1.37 bits per heavy atom. The summed E-state index contributed by atoms with van der Waals surface area (Å²) in [5, 5.41) is 2.89. The molecule has 3 N–H and O–H groups in total. The summed E-state index contributed by atoms with van der Waals surface area (Å²) in [7, 11) is 0. The van der Waals surface area contributed by atoms with Crippen LogP contribution >= 0.6 is 15.9 Å². The molecule has 1 amide bonds. The molecule has 4 nitrogen and oxygen atoms in total. The van der Waals surface area contributed by atoms with Crippen molar-refractivity contribution in [3.05, 3.63) is 58.6 Å². The lowest BCUT2D eigenvalue weighted by Gasteiger charge is -2.17. The van der Waals surface area contributed by atoms with Gasteiger partial charge in [0.15, 0.2) is 0 Å². The van der Waals surface area contributed by atoms with Gasteiger partial charge < -0.3 is 11.1 Å². The van der Waals surface area contributed by atoms with Crippen molar-refractivity contribution >= 4 is 27.5 Å². The number of primary amides is 1. The second-order valence-corrected chi connectivity index (χ2v) is 4.84. The first-order valence-corrected chi connectivity index (χ1v) is 6.27. The quantitative estimate of drug-likeness (QED) is 0.908. The van der Waals surface area contributed by atoms with Crippen molar-refractivity contribution in [2.75, 3.05) is 5.32 Å². The lowest BCUT2D eigenvalue weighted by Crippen LogP contribution is -2.27. The highest BCUT2D eigenvalue weighted by Gasteiger charge is 2.18. The van der Waals surface area contributed by atoms with Crippen molar-refractivity contribution in [1.82, 2.24) is 4.98 Å². The molecule has 0 saturated heterocycles. The summed E-state index contributed by atoms with van der Waals surface area (Å²) in [5.41, 5.74) is 6.45. The first kappa shape index (κ1) is 13.5. The second-order valence-electron chi connectivity index (χ2n) is 3.93. The summed E-state index contributed by atoms with van der Waals surface area (Å²) in [5.74, 6) is -0.954. The lowest BCUT2D eigenvalue weighted by molar-refractivity contribution is -0.118. The average molecular weight is 324 g/mol. The van der Waals surface area contributed by atoms with Crippen molar-refractivity contribution in [1.29, 1.82) is 0 Å². The van der Waals surface area contributed by atoms with Gasteiger partial charge in [-0.3, -0.25) is 9.78 Å². The van der Waals surface area contributed by atoms with E-state index in [0.29, 0.717) is 11.3 Å². The molecule has 0 radical (unpaired) electrons. The number of anilines is 1. The van der Waals surface area contributed by atoms with Crippen LogP contribution in [0.1, 0.15) is 11.6 Å². The molecule has 0 bridgehead atoms. The third kappa shape index (κ3) is 3.51. The Bertz CT molecular complexity index is 606. The van der Waals surface area contributed by atoms with Gasteiger partial charge in [-0.05, 0) is 40.2 Å². The molecule has 0 aliphatic carbocycles. The third-order valence-electron chi connectivity index (χ3n) is 2.48. The van der Waals surface area contributed by atoms with Crippen LogP contribution < -0.4 is 11.1 Å². The van der Waals surface area contributed by atoms with E-state index < -0.39 is 11.9 Å². The largest absolute Gasteiger partial charge is 0.370 e. The van der Waals surface area contributed by atoms with Crippen LogP contribution in [0.15, 0.2) is 47.2 Å². The van der Waals surface area contributed by atoms with Gasteiger partial charge in [-0.15, -0.1) is 0 Å². The lowest BCUT2D eigenvalue weighted by atomic mass is 10.1. The molecule has 1 aromatic heterocycles. The molecule has 1 atom stereocenters. The number of nitrogens with zero attached hydrogens (tertiary/aromatic N) is 1. The molecule has 0 fully saturated rings. The molecular formula is C13H11BrFN3O. The van der Waals surface area contributed by atoms with Gasteiger partial charge >= 0.3 is 0 Å². The Morgan fingerprint density at radius 3 is 2.79 bits per heavy atom. The van der Waals surface area contributed by atoms with Crippen LogP contribution in [0.4, 0.5) is 10.1 Å². The van der Waals surface area contributed by atoms with Gasteiger partial charge in [0.2, 0.25) is 5.91 Å². The molecule has 2 aromatic rings. The topological polar surface area (TPSA) is 68.0 Å². The zero-order chi connectivity index (χ0) is 13.8. The van der Waals surface area contributed by atoms with Gasteiger partial charge in [0, 0.05) is 28.1 Å². The van der Waals surface area contributed by atoms with Gasteiger partial charge in [0.05, 0.1) is 0 Å². The van der Waals surface area contributed by atoms with Crippen molar-refractivity contribution in [3.8, 4) is 0 Å². The normalized spacial score (nSPS) is 11.9. The fourth-order valence-corrected chi connectivity index (χ4v) is 2.03. The maximum atomic E-state index is 13.1. The van der Waals surface area contributed by atoms with Crippen LogP contribution in [-0.4, -0.2) is 10.9 Å². The molecule has 0 aliphatic heterocycles. The number of carbonyl (C=O) groups excluding carboxylic acids is 1. The summed E-state index contributed by atoms with van der Waals surface area (Å²) in [6.07, 6.45) is 3.14. The Kier molecular flexibility index (Phi) is 4.11. The number of hydrogen-bond acceptors (Lipinski definition) is 3. The molecule has 19 heavy (non-hydrogen) atoms. The van der Waals surface area contributed by atoms with E-state index in [-0.39, 0.29) is 5.82 Å². The Morgan fingerprint density at radius 2 is 2.16 bits per heavy atom. The predicted octanol–water partition coefficient (Wildman–Crippen LogP) is 2.62. The van der Waals surface area contributed by atoms with Crippen molar-refractivity contribution in [2.24, 2.45) is 5.73 Å². The predicted molar refractivity (Wildman–Crippen MR) is 73.9 cm³/mol. The van der Waals surface area contributed by atoms with Crippen LogP contribution in [0.5, 0.6) is 0 Å². The van der Waals surface area contributed by atoms with Crippen LogP contribution in [0.25, 0.3) is 0 Å². The number of rotatable bonds is 4. The Hall–Kier alpha value is -1.95. The van der Waals surface area contributed by atoms with E-state index in [1.165, 1.54) is 18.3 Å². The number of nitrogens with two attached hydrogens (primary N) is 1. The van der Waals surface area contributed by atoms with Crippen molar-refractivity contribution in [3.63, 3.8) is 0 Å². The van der Waals surface area contributed by atoms with Gasteiger partial charge in [0.1, 0.15) is 11.9 Å². The molecule has 1 unspecified atom stereocenters. The van der Waals surface area contributed by atoms with Gasteiger partial charge in [-0.2, -0.15) is 0 Å². The summed E-state index contributed by atoms with van der Waals surface area (Å²) >= 11 is 3.27. The van der Waals surface area contributed by atoms with E-state index in [1.807, 2.05) is 0 Å². The van der Waals surface area contributed by atoms with E-state index >= 15 is 0 Å². The maximum absolute atomic E-state index is 13.1. The van der Waals surface area contributed by atoms with Crippen molar-refractivity contribution < 1.29 is 9.18 Å². The molecule has 6 heteroatoms. The molecular weight excluding hydrogens is 313 g/mol. The number of pyridine rings is 1. The van der Waals surface area contributed by atoms with Gasteiger partial charge in [-0.1, -0.05) is 6.07 Å². The minimum atomic E-state index is -0.771. The minimum Gasteiger partial charge on any atom is -0.370 e. The fourth-order valence-electron chi connectivity index (χ4n) is 1.65. The highest BCUT2D eigenvalue weighted by atomic mass is 79.9. The SMILES string of the molecule is NC(=O)C(Nc1cccc(F)c1)c1cncc(Br)c1. The standard InChI is InChI=1S/C13H11BrFN3O/c14-9-4-8(6-17-7-9)12(13(16)19)18-11-3-1-2-10(15)5-11/h1-7,12,18H,(H2,16,19). The highest BCUT2D eigenvalue weighted by molar-refractivity contribution is 9.10. The smallest absolute Gasteiger partial charge is 0.244 e. The molecule has 1 aromatic carbocycles. The van der Waals surface area contributed by atoms with Crippen LogP contribution in [0, 0.1) is 5.82 Å². The molecule has 98 valence electrons. The minimum absolute atomic E-state index is 0.388. The van der Waals surface area contributed by atoms with E-state index in [2.05, 4.69) is 26.2 Å². The maximum Gasteiger partial charge on any atom is 0.244 e. The van der Waals surface area contributed by atoms with Crippen LogP contribution in [0.2, 0.25) is 0 Å². The fraction of sp³-hybridized carbons (Fsp3) is 0.0769. The summed E-state index contributed by atoms with van der Waals surface area (Å²) in [6.45, 7) is 0. The van der Waals surface area contributed by atoms with Crippen LogP contribution in [0.3, 0.4) is 0 Å². The molecule has 0 saturated carbocycles. The highest BCUT2D eigenvalue weighted by Crippen LogP contribution is 2.21. The van der Waals surface area contributed by atoms with E-state index in [4.69, 9.17) is 5.73 Å². The Balaban J connectivity index is 2.29. The van der Waals surface area contributed by atoms with E-state index in [9.17, 15) is 9.18 Å². The number of benzene rings is 1. The van der Waals surface area contributed by atoms with Crippen LogP contribution in [-0.2, 0) is 4.79 Å². The second kappa shape index (κ2) is 5.79. The number of nitrogens with one attached hydrogen (secondary N) is 1. The number of aromatic nitrogens is 1. The van der Waals surface area contributed by atoms with E-state index in [0.717, 1.165) is 4.47 Å². The summed E-state index contributed by atoms with van der Waals surface area (Å²) < 4.78 is 13.8. The molecule has 0 aliphatic rings. The van der Waals surface area contributed by atoms with E-state index in [1.54, 1.807) is 24.4 Å². The first-order valence-electron chi connectivity index (χ1n) is 5.48. The number of hydrogen-bond donors (Lipinski definition) is 2. The Labute approximate surface area is 118 Å². The molecule has 1 heterocycles. The number of amides is 1. The number of halogens is 2. The summed E-state index contributed by atoms with van der Waals surface area (Å²) in [4.78, 5) is 15.5. The van der Waals surface area contributed by atoms with Gasteiger partial charge in [0.25, 0.3) is 0 Å². The molecule has 2 rings (SSSR count). The summed E-state index contributed by atoms with van der Waals surface area (Å²) in [6, 6.07) is 6.78. The van der Waals surface area contributed by atoms with Crippen molar-refractivity contribution in [2.45, 2.75) is 6.04 Å². The zero-order valence-corrected chi connectivity index (χ0v) is 11.4. The zero-order valence-electron chi connectivity index (χ0n) is 9.81. The third-order valence-corrected chi connectivity index (χ3v) is 2.91. The average Bonchev–Trinajstić information content (AvgIpc) is 2.35. The number of carbonyl (C=O) groups is 1.